The summed E-state index contributed by atoms with van der Waals surface area (Å²) in [5.74, 6) is 1.71. The molecule has 2 aromatic carbocycles. The molecule has 3 heteroatoms. The maximum atomic E-state index is 6.36. The van der Waals surface area contributed by atoms with Crippen molar-refractivity contribution in [1.29, 1.82) is 0 Å². The molecular formula is C22H31ClO2. The van der Waals surface area contributed by atoms with Crippen molar-refractivity contribution in [3.05, 3.63) is 35.4 Å². The molecule has 0 saturated carbocycles. The Balaban J connectivity index is 1.98. The molecule has 138 valence electrons. The van der Waals surface area contributed by atoms with Crippen molar-refractivity contribution in [3.63, 3.8) is 0 Å². The number of halogens is 1. The Bertz CT molecular complexity index is 639. The van der Waals surface area contributed by atoms with Crippen molar-refractivity contribution < 1.29 is 9.47 Å². The fourth-order valence-corrected chi connectivity index (χ4v) is 3.13. The van der Waals surface area contributed by atoms with Gasteiger partial charge in [-0.2, -0.15) is 0 Å². The monoisotopic (exact) mass is 362 g/mol. The van der Waals surface area contributed by atoms with Crippen molar-refractivity contribution in [3.8, 4) is 11.5 Å². The van der Waals surface area contributed by atoms with Crippen LogP contribution in [0.25, 0.3) is 10.8 Å². The predicted octanol–water partition coefficient (Wildman–Crippen LogP) is 7.41. The van der Waals surface area contributed by atoms with Crippen LogP contribution in [0.1, 0.15) is 65.2 Å². The second kappa shape index (κ2) is 11.3. The summed E-state index contributed by atoms with van der Waals surface area (Å²) in [4.78, 5) is 0. The largest absolute Gasteiger partial charge is 0.494 e. The van der Waals surface area contributed by atoms with E-state index in [1.165, 1.54) is 38.5 Å². The zero-order chi connectivity index (χ0) is 17.9. The molecule has 25 heavy (non-hydrogen) atoms. The number of benzene rings is 2. The molecule has 0 spiro atoms. The highest BCUT2D eigenvalue weighted by Gasteiger charge is 2.09. The van der Waals surface area contributed by atoms with Gasteiger partial charge < -0.3 is 9.47 Å². The van der Waals surface area contributed by atoms with Crippen LogP contribution in [-0.4, -0.2) is 13.2 Å². The third kappa shape index (κ3) is 6.43. The molecule has 0 N–H and O–H groups in total. The van der Waals surface area contributed by atoms with Gasteiger partial charge in [-0.25, -0.2) is 0 Å². The highest BCUT2D eigenvalue weighted by Crippen LogP contribution is 2.35. The average molecular weight is 363 g/mol. The van der Waals surface area contributed by atoms with Crippen LogP contribution in [0.5, 0.6) is 11.5 Å². The van der Waals surface area contributed by atoms with E-state index < -0.39 is 0 Å². The molecule has 0 aliphatic rings. The minimum absolute atomic E-state index is 0.677. The normalized spacial score (nSPS) is 11.0. The fourth-order valence-electron chi connectivity index (χ4n) is 2.91. The molecular weight excluding hydrogens is 332 g/mol. The van der Waals surface area contributed by atoms with Gasteiger partial charge in [0.05, 0.1) is 18.2 Å². The lowest BCUT2D eigenvalue weighted by Crippen LogP contribution is -1.99. The molecule has 0 aliphatic carbocycles. The Morgan fingerprint density at radius 2 is 1.44 bits per heavy atom. The maximum absolute atomic E-state index is 6.36. The number of ether oxygens (including phenoxy) is 2. The highest BCUT2D eigenvalue weighted by molar-refractivity contribution is 6.33. The quantitative estimate of drug-likeness (QED) is 0.366. The number of unbranched alkanes of at least 4 members (excludes halogenated alkanes) is 6. The minimum atomic E-state index is 0.677. The first-order valence-corrected chi connectivity index (χ1v) is 10.1. The molecule has 0 radical (unpaired) electrons. The summed E-state index contributed by atoms with van der Waals surface area (Å²) in [5, 5.41) is 2.84. The van der Waals surface area contributed by atoms with Gasteiger partial charge in [0, 0.05) is 5.39 Å². The third-order valence-corrected chi connectivity index (χ3v) is 4.70. The Morgan fingerprint density at radius 3 is 2.12 bits per heavy atom. The standard InChI is InChI=1S/C22H31ClO2/c1-3-5-7-9-15-24-19-12-13-20-18(17-19)11-14-21(23)22(20)25-16-10-8-6-4-2/h11-14,17H,3-10,15-16H2,1-2H3. The van der Waals surface area contributed by atoms with E-state index in [0.29, 0.717) is 11.6 Å². The first-order valence-electron chi connectivity index (χ1n) is 9.74. The van der Waals surface area contributed by atoms with Crippen molar-refractivity contribution in [1.82, 2.24) is 0 Å². The summed E-state index contributed by atoms with van der Waals surface area (Å²) >= 11 is 6.36. The van der Waals surface area contributed by atoms with Crippen LogP contribution >= 0.6 is 11.6 Å². The maximum Gasteiger partial charge on any atom is 0.145 e. The van der Waals surface area contributed by atoms with E-state index in [1.54, 1.807) is 0 Å². The topological polar surface area (TPSA) is 18.5 Å². The lowest BCUT2D eigenvalue weighted by atomic mass is 10.1. The molecule has 0 saturated heterocycles. The van der Waals surface area contributed by atoms with Gasteiger partial charge in [0.15, 0.2) is 0 Å². The van der Waals surface area contributed by atoms with Gasteiger partial charge in [-0.1, -0.05) is 70.0 Å². The van der Waals surface area contributed by atoms with Gasteiger partial charge in [-0.15, -0.1) is 0 Å². The summed E-state index contributed by atoms with van der Waals surface area (Å²) in [5.41, 5.74) is 0. The molecule has 0 atom stereocenters. The number of hydrogen-bond donors (Lipinski definition) is 0. The SMILES string of the molecule is CCCCCCOc1ccc2c(OCCCCCC)c(Cl)ccc2c1. The predicted molar refractivity (Wildman–Crippen MR) is 108 cm³/mol. The number of fused-ring (bicyclic) bond motifs is 1. The van der Waals surface area contributed by atoms with E-state index in [9.17, 15) is 0 Å². The summed E-state index contributed by atoms with van der Waals surface area (Å²) in [6.07, 6.45) is 9.63. The van der Waals surface area contributed by atoms with Gasteiger partial charge >= 0.3 is 0 Å². The Morgan fingerprint density at radius 1 is 0.760 bits per heavy atom. The second-order valence-electron chi connectivity index (χ2n) is 6.58. The van der Waals surface area contributed by atoms with E-state index in [0.717, 1.165) is 41.7 Å². The van der Waals surface area contributed by atoms with Crippen LogP contribution < -0.4 is 9.47 Å². The minimum Gasteiger partial charge on any atom is -0.494 e. The van der Waals surface area contributed by atoms with Gasteiger partial charge in [-0.3, -0.25) is 0 Å². The van der Waals surface area contributed by atoms with Gasteiger partial charge in [-0.05, 0) is 42.5 Å². The Hall–Kier alpha value is -1.41. The third-order valence-electron chi connectivity index (χ3n) is 4.40. The lowest BCUT2D eigenvalue weighted by Gasteiger charge is -2.13. The van der Waals surface area contributed by atoms with E-state index in [2.05, 4.69) is 26.0 Å². The molecule has 0 heterocycles. The molecule has 2 aromatic rings. The first kappa shape index (κ1) is 19.9. The molecule has 2 nitrogen and oxygen atoms in total. The number of hydrogen-bond acceptors (Lipinski definition) is 2. The fraction of sp³-hybridized carbons (Fsp3) is 0.545. The van der Waals surface area contributed by atoms with E-state index >= 15 is 0 Å². The van der Waals surface area contributed by atoms with Crippen molar-refractivity contribution in [2.75, 3.05) is 13.2 Å². The molecule has 0 fully saturated rings. The molecule has 0 aromatic heterocycles. The van der Waals surface area contributed by atoms with Crippen LogP contribution in [0.2, 0.25) is 5.02 Å². The first-order chi connectivity index (χ1) is 12.3. The van der Waals surface area contributed by atoms with Gasteiger partial charge in [0.25, 0.3) is 0 Å². The smallest absolute Gasteiger partial charge is 0.145 e. The van der Waals surface area contributed by atoms with E-state index in [4.69, 9.17) is 21.1 Å². The Labute approximate surface area is 157 Å². The van der Waals surface area contributed by atoms with Crippen molar-refractivity contribution in [2.45, 2.75) is 65.2 Å². The number of rotatable bonds is 12. The van der Waals surface area contributed by atoms with Crippen LogP contribution in [0.3, 0.4) is 0 Å². The lowest BCUT2D eigenvalue weighted by molar-refractivity contribution is 0.305. The summed E-state index contributed by atoms with van der Waals surface area (Å²) < 4.78 is 11.9. The summed E-state index contributed by atoms with van der Waals surface area (Å²) in [6.45, 7) is 5.93. The van der Waals surface area contributed by atoms with Crippen LogP contribution in [0, 0.1) is 0 Å². The summed E-state index contributed by atoms with van der Waals surface area (Å²) in [7, 11) is 0. The molecule has 0 amide bonds. The Kier molecular flexibility index (Phi) is 8.96. The summed E-state index contributed by atoms with van der Waals surface area (Å²) in [6, 6.07) is 10.1. The highest BCUT2D eigenvalue weighted by atomic mass is 35.5. The van der Waals surface area contributed by atoms with Crippen LogP contribution in [0.4, 0.5) is 0 Å². The van der Waals surface area contributed by atoms with Crippen molar-refractivity contribution in [2.24, 2.45) is 0 Å². The molecule has 2 rings (SSSR count). The van der Waals surface area contributed by atoms with Crippen LogP contribution in [0.15, 0.2) is 30.3 Å². The molecule has 0 bridgehead atoms. The average Bonchev–Trinajstić information content (AvgIpc) is 2.63. The van der Waals surface area contributed by atoms with Crippen LogP contribution in [-0.2, 0) is 0 Å². The molecule has 0 unspecified atom stereocenters. The van der Waals surface area contributed by atoms with E-state index in [1.807, 2.05) is 18.2 Å². The van der Waals surface area contributed by atoms with E-state index in [-0.39, 0.29) is 0 Å². The van der Waals surface area contributed by atoms with Gasteiger partial charge in [0.2, 0.25) is 0 Å². The zero-order valence-corrected chi connectivity index (χ0v) is 16.4. The molecule has 0 aliphatic heterocycles. The second-order valence-corrected chi connectivity index (χ2v) is 6.98. The van der Waals surface area contributed by atoms with Crippen molar-refractivity contribution >= 4 is 22.4 Å². The van der Waals surface area contributed by atoms with Gasteiger partial charge in [0.1, 0.15) is 11.5 Å². The zero-order valence-electron chi connectivity index (χ0n) is 15.7.